The minimum absolute atomic E-state index is 0.0980. The van der Waals surface area contributed by atoms with Gasteiger partial charge in [0.05, 0.1) is 17.5 Å². The Labute approximate surface area is 166 Å². The standard InChI is InChI=1S/C24H28NOS/c1-25(2)19-9-10-20-26-21-15-17-24(18-16-21)27(22-11-5-3-6-12-22)23-13-7-4-8-14-23/h3-8,11-18H,9-10,19-20H2,1-2H3/q+1. The second kappa shape index (κ2) is 10.2. The maximum absolute atomic E-state index is 5.92. The Morgan fingerprint density at radius 2 is 1.19 bits per heavy atom. The normalized spacial score (nSPS) is 11.1. The molecule has 0 amide bonds. The first-order chi connectivity index (χ1) is 13.2. The zero-order valence-corrected chi connectivity index (χ0v) is 17.0. The number of rotatable bonds is 9. The van der Waals surface area contributed by atoms with E-state index < -0.39 is 0 Å². The quantitative estimate of drug-likeness (QED) is 0.360. The van der Waals surface area contributed by atoms with Crippen LogP contribution in [0.5, 0.6) is 5.75 Å². The Kier molecular flexibility index (Phi) is 7.37. The minimum atomic E-state index is -0.0980. The van der Waals surface area contributed by atoms with Crippen LogP contribution in [0, 0.1) is 0 Å². The summed E-state index contributed by atoms with van der Waals surface area (Å²) in [5.41, 5.74) is 0. The molecule has 2 nitrogen and oxygen atoms in total. The van der Waals surface area contributed by atoms with Crippen LogP contribution in [0.3, 0.4) is 0 Å². The van der Waals surface area contributed by atoms with Crippen LogP contribution in [-0.2, 0) is 10.9 Å². The third-order valence-electron chi connectivity index (χ3n) is 4.29. The third kappa shape index (κ3) is 5.88. The Morgan fingerprint density at radius 1 is 0.667 bits per heavy atom. The molecular formula is C24H28NOS+. The van der Waals surface area contributed by atoms with E-state index in [4.69, 9.17) is 4.74 Å². The van der Waals surface area contributed by atoms with Crippen LogP contribution in [-0.4, -0.2) is 32.1 Å². The second-order valence-electron chi connectivity index (χ2n) is 6.76. The van der Waals surface area contributed by atoms with Gasteiger partial charge in [0.15, 0.2) is 14.7 Å². The molecular weight excluding hydrogens is 350 g/mol. The SMILES string of the molecule is CN(C)CCCCOc1ccc([S+](c2ccccc2)c2ccccc2)cc1. The average molecular weight is 379 g/mol. The predicted octanol–water partition coefficient (Wildman–Crippen LogP) is 5.50. The monoisotopic (exact) mass is 378 g/mol. The summed E-state index contributed by atoms with van der Waals surface area (Å²) in [5, 5.41) is 0. The van der Waals surface area contributed by atoms with Crippen molar-refractivity contribution in [2.45, 2.75) is 27.5 Å². The zero-order valence-electron chi connectivity index (χ0n) is 16.2. The van der Waals surface area contributed by atoms with Gasteiger partial charge >= 0.3 is 0 Å². The van der Waals surface area contributed by atoms with Crippen LogP contribution in [0.4, 0.5) is 0 Å². The maximum atomic E-state index is 5.92. The molecule has 0 heterocycles. The van der Waals surface area contributed by atoms with E-state index in [1.165, 1.54) is 14.7 Å². The maximum Gasteiger partial charge on any atom is 0.166 e. The minimum Gasteiger partial charge on any atom is -0.494 e. The number of unbranched alkanes of at least 4 members (excludes halogenated alkanes) is 1. The topological polar surface area (TPSA) is 12.5 Å². The number of benzene rings is 3. The first-order valence-corrected chi connectivity index (χ1v) is 10.7. The molecule has 0 atom stereocenters. The van der Waals surface area contributed by atoms with Gasteiger partial charge in [-0.1, -0.05) is 36.4 Å². The lowest BCUT2D eigenvalue weighted by Gasteiger charge is -2.11. The van der Waals surface area contributed by atoms with Crippen molar-refractivity contribution < 1.29 is 4.74 Å². The van der Waals surface area contributed by atoms with Crippen LogP contribution in [0.1, 0.15) is 12.8 Å². The highest BCUT2D eigenvalue weighted by molar-refractivity contribution is 7.97. The summed E-state index contributed by atoms with van der Waals surface area (Å²) in [5.74, 6) is 0.952. The molecule has 0 saturated carbocycles. The predicted molar refractivity (Wildman–Crippen MR) is 115 cm³/mol. The first kappa shape index (κ1) is 19.5. The van der Waals surface area contributed by atoms with Crippen molar-refractivity contribution in [2.75, 3.05) is 27.2 Å². The Morgan fingerprint density at radius 3 is 1.70 bits per heavy atom. The summed E-state index contributed by atoms with van der Waals surface area (Å²) in [4.78, 5) is 6.19. The summed E-state index contributed by atoms with van der Waals surface area (Å²) in [6.07, 6.45) is 2.24. The van der Waals surface area contributed by atoms with Gasteiger partial charge in [-0.05, 0) is 82.0 Å². The van der Waals surface area contributed by atoms with E-state index in [1.807, 2.05) is 0 Å². The van der Waals surface area contributed by atoms with Crippen molar-refractivity contribution in [3.8, 4) is 5.75 Å². The van der Waals surface area contributed by atoms with Crippen molar-refractivity contribution in [3.63, 3.8) is 0 Å². The van der Waals surface area contributed by atoms with Crippen LogP contribution < -0.4 is 4.74 Å². The molecule has 0 unspecified atom stereocenters. The highest BCUT2D eigenvalue weighted by atomic mass is 32.2. The lowest BCUT2D eigenvalue weighted by Crippen LogP contribution is -2.13. The van der Waals surface area contributed by atoms with Gasteiger partial charge in [-0.2, -0.15) is 0 Å². The first-order valence-electron chi connectivity index (χ1n) is 9.46. The summed E-state index contributed by atoms with van der Waals surface area (Å²) >= 11 is 0. The van der Waals surface area contributed by atoms with E-state index in [9.17, 15) is 0 Å². The number of nitrogens with zero attached hydrogens (tertiary/aromatic N) is 1. The fraction of sp³-hybridized carbons (Fsp3) is 0.250. The van der Waals surface area contributed by atoms with Gasteiger partial charge in [0, 0.05) is 0 Å². The molecule has 0 aliphatic rings. The summed E-state index contributed by atoms with van der Waals surface area (Å²) in [6.45, 7) is 1.88. The fourth-order valence-corrected chi connectivity index (χ4v) is 5.00. The molecule has 0 saturated heterocycles. The molecule has 0 N–H and O–H groups in total. The van der Waals surface area contributed by atoms with Crippen LogP contribution in [0.25, 0.3) is 0 Å². The number of ether oxygens (including phenoxy) is 1. The molecule has 0 radical (unpaired) electrons. The van der Waals surface area contributed by atoms with E-state index in [-0.39, 0.29) is 10.9 Å². The number of hydrogen-bond acceptors (Lipinski definition) is 2. The van der Waals surface area contributed by atoms with Gasteiger partial charge in [0.2, 0.25) is 0 Å². The molecule has 0 bridgehead atoms. The Hall–Kier alpha value is -2.23. The van der Waals surface area contributed by atoms with E-state index in [2.05, 4.69) is 104 Å². The molecule has 140 valence electrons. The Balaban J connectivity index is 1.71. The van der Waals surface area contributed by atoms with Crippen molar-refractivity contribution in [2.24, 2.45) is 0 Å². The second-order valence-corrected chi connectivity index (χ2v) is 8.79. The smallest absolute Gasteiger partial charge is 0.166 e. The Bertz CT molecular complexity index is 748. The summed E-state index contributed by atoms with van der Waals surface area (Å²) < 4.78 is 5.92. The van der Waals surface area contributed by atoms with E-state index in [0.29, 0.717) is 0 Å². The van der Waals surface area contributed by atoms with Gasteiger partial charge in [0.25, 0.3) is 0 Å². The van der Waals surface area contributed by atoms with E-state index in [1.54, 1.807) is 0 Å². The lowest BCUT2D eigenvalue weighted by molar-refractivity contribution is 0.293. The van der Waals surface area contributed by atoms with Gasteiger partial charge < -0.3 is 9.64 Å². The summed E-state index contributed by atoms with van der Waals surface area (Å²) in [7, 11) is 4.12. The third-order valence-corrected chi connectivity index (χ3v) is 6.52. The molecule has 3 heteroatoms. The average Bonchev–Trinajstić information content (AvgIpc) is 2.70. The van der Waals surface area contributed by atoms with Gasteiger partial charge in [-0.25, -0.2) is 0 Å². The molecule has 3 aromatic carbocycles. The molecule has 3 aromatic rings. The summed E-state index contributed by atoms with van der Waals surface area (Å²) in [6, 6.07) is 30.1. The van der Waals surface area contributed by atoms with E-state index >= 15 is 0 Å². The fourth-order valence-electron chi connectivity index (χ4n) is 2.91. The van der Waals surface area contributed by atoms with E-state index in [0.717, 1.165) is 31.7 Å². The highest BCUT2D eigenvalue weighted by Crippen LogP contribution is 2.31. The van der Waals surface area contributed by atoms with Gasteiger partial charge in [0.1, 0.15) is 5.75 Å². The molecule has 0 aliphatic carbocycles. The van der Waals surface area contributed by atoms with Gasteiger partial charge in [-0.3, -0.25) is 0 Å². The largest absolute Gasteiger partial charge is 0.494 e. The van der Waals surface area contributed by atoms with Gasteiger partial charge in [-0.15, -0.1) is 0 Å². The highest BCUT2D eigenvalue weighted by Gasteiger charge is 2.28. The van der Waals surface area contributed by atoms with Crippen LogP contribution in [0.15, 0.2) is 99.6 Å². The molecule has 0 aliphatic heterocycles. The molecule has 3 rings (SSSR count). The van der Waals surface area contributed by atoms with Crippen LogP contribution in [0.2, 0.25) is 0 Å². The molecule has 0 aromatic heterocycles. The van der Waals surface area contributed by atoms with Crippen molar-refractivity contribution in [1.82, 2.24) is 4.90 Å². The zero-order chi connectivity index (χ0) is 18.9. The lowest BCUT2D eigenvalue weighted by atomic mass is 10.3. The van der Waals surface area contributed by atoms with Crippen LogP contribution >= 0.6 is 0 Å². The van der Waals surface area contributed by atoms with Crippen molar-refractivity contribution >= 4 is 10.9 Å². The number of hydrogen-bond donors (Lipinski definition) is 0. The molecule has 27 heavy (non-hydrogen) atoms. The van der Waals surface area contributed by atoms with Crippen molar-refractivity contribution in [1.29, 1.82) is 0 Å². The van der Waals surface area contributed by atoms with Crippen molar-refractivity contribution in [3.05, 3.63) is 84.9 Å². The molecule has 0 spiro atoms. The molecule has 0 fully saturated rings.